The third-order valence-corrected chi connectivity index (χ3v) is 3.24. The molecule has 5 nitrogen and oxygen atoms in total. The van der Waals surface area contributed by atoms with Gasteiger partial charge in [-0.05, 0) is 19.3 Å². The number of methoxy groups -OCH3 is 1. The topological polar surface area (TPSA) is 70.6 Å². The summed E-state index contributed by atoms with van der Waals surface area (Å²) in [4.78, 5) is 11.7. The van der Waals surface area contributed by atoms with Crippen molar-refractivity contribution in [1.29, 1.82) is 0 Å². The van der Waals surface area contributed by atoms with Crippen molar-refractivity contribution in [1.82, 2.24) is 10.6 Å². The average Bonchev–Trinajstić information content (AvgIpc) is 2.31. The summed E-state index contributed by atoms with van der Waals surface area (Å²) >= 11 is 0. The molecule has 3 atom stereocenters. The molecule has 0 heterocycles. The lowest BCUT2D eigenvalue weighted by Gasteiger charge is -2.29. The van der Waals surface area contributed by atoms with Crippen LogP contribution >= 0.6 is 0 Å². The van der Waals surface area contributed by atoms with Crippen molar-refractivity contribution < 1.29 is 14.6 Å². The highest BCUT2D eigenvalue weighted by atomic mass is 16.5. The highest BCUT2D eigenvalue weighted by Gasteiger charge is 2.24. The summed E-state index contributed by atoms with van der Waals surface area (Å²) in [6.07, 6.45) is 4.17. The van der Waals surface area contributed by atoms with Crippen molar-refractivity contribution >= 4 is 6.03 Å². The van der Waals surface area contributed by atoms with Crippen molar-refractivity contribution in [3.8, 4) is 0 Å². The minimum Gasteiger partial charge on any atom is -0.391 e. The highest BCUT2D eigenvalue weighted by molar-refractivity contribution is 5.74. The van der Waals surface area contributed by atoms with Crippen molar-refractivity contribution in [3.63, 3.8) is 0 Å². The highest BCUT2D eigenvalue weighted by Crippen LogP contribution is 2.18. The second-order valence-corrected chi connectivity index (χ2v) is 4.64. The quantitative estimate of drug-likeness (QED) is 0.676. The van der Waals surface area contributed by atoms with E-state index in [1.807, 2.05) is 6.92 Å². The van der Waals surface area contributed by atoms with Gasteiger partial charge in [0.1, 0.15) is 0 Å². The molecular formula is C12H24N2O3. The maximum Gasteiger partial charge on any atom is 0.315 e. The van der Waals surface area contributed by atoms with E-state index in [1.165, 1.54) is 0 Å². The number of aliphatic hydroxyl groups excluding tert-OH is 1. The van der Waals surface area contributed by atoms with E-state index < -0.39 is 6.10 Å². The Morgan fingerprint density at radius 2 is 2.18 bits per heavy atom. The maximum atomic E-state index is 11.7. The van der Waals surface area contributed by atoms with E-state index in [-0.39, 0.29) is 18.1 Å². The summed E-state index contributed by atoms with van der Waals surface area (Å²) in [6.45, 7) is 2.51. The van der Waals surface area contributed by atoms with E-state index >= 15 is 0 Å². The molecule has 100 valence electrons. The summed E-state index contributed by atoms with van der Waals surface area (Å²) < 4.78 is 5.01. The summed E-state index contributed by atoms with van der Waals surface area (Å²) in [5, 5.41) is 15.4. The van der Waals surface area contributed by atoms with Gasteiger partial charge in [-0.3, -0.25) is 0 Å². The smallest absolute Gasteiger partial charge is 0.315 e. The van der Waals surface area contributed by atoms with Gasteiger partial charge in [0.15, 0.2) is 0 Å². The van der Waals surface area contributed by atoms with Crippen LogP contribution < -0.4 is 10.6 Å². The number of hydrogen-bond acceptors (Lipinski definition) is 3. The van der Waals surface area contributed by atoms with E-state index in [0.29, 0.717) is 6.61 Å². The molecule has 3 N–H and O–H groups in total. The standard InChI is InChI=1S/C12H24N2O3/c1-3-9(8-17-2)13-12(16)14-10-6-4-5-7-11(10)15/h9-11,15H,3-8H2,1-2H3,(H2,13,14,16). The Kier molecular flexibility index (Phi) is 6.29. The van der Waals surface area contributed by atoms with Crippen molar-refractivity contribution in [2.45, 2.75) is 57.2 Å². The number of ether oxygens (including phenoxy) is 1. The van der Waals surface area contributed by atoms with Gasteiger partial charge in [-0.2, -0.15) is 0 Å². The first-order valence-electron chi connectivity index (χ1n) is 6.41. The molecule has 0 aliphatic heterocycles. The van der Waals surface area contributed by atoms with Crippen LogP contribution in [-0.2, 0) is 4.74 Å². The molecule has 0 bridgehead atoms. The number of urea groups is 1. The van der Waals surface area contributed by atoms with Crippen LogP contribution in [0.15, 0.2) is 0 Å². The molecule has 0 aromatic rings. The van der Waals surface area contributed by atoms with E-state index in [1.54, 1.807) is 7.11 Å². The minimum absolute atomic E-state index is 0.0285. The Morgan fingerprint density at radius 3 is 2.76 bits per heavy atom. The average molecular weight is 244 g/mol. The lowest BCUT2D eigenvalue weighted by molar-refractivity contribution is 0.0931. The number of carbonyl (C=O) groups excluding carboxylic acids is 1. The SMILES string of the molecule is CCC(COC)NC(=O)NC1CCCCC1O. The Bertz CT molecular complexity index is 236. The zero-order valence-corrected chi connectivity index (χ0v) is 10.7. The van der Waals surface area contributed by atoms with Crippen LogP contribution in [0.4, 0.5) is 4.79 Å². The molecule has 0 spiro atoms. The Balaban J connectivity index is 2.32. The second-order valence-electron chi connectivity index (χ2n) is 4.64. The van der Waals surface area contributed by atoms with Crippen molar-refractivity contribution in [2.75, 3.05) is 13.7 Å². The number of carbonyl (C=O) groups is 1. The van der Waals surface area contributed by atoms with Gasteiger partial charge in [0, 0.05) is 7.11 Å². The third kappa shape index (κ3) is 4.91. The molecule has 1 aliphatic carbocycles. The molecule has 1 rings (SSSR count). The largest absolute Gasteiger partial charge is 0.391 e. The molecule has 0 radical (unpaired) electrons. The van der Waals surface area contributed by atoms with Crippen LogP contribution in [0.25, 0.3) is 0 Å². The zero-order valence-electron chi connectivity index (χ0n) is 10.7. The van der Waals surface area contributed by atoms with Gasteiger partial charge in [0.05, 0.1) is 24.8 Å². The van der Waals surface area contributed by atoms with Gasteiger partial charge in [0.25, 0.3) is 0 Å². The van der Waals surface area contributed by atoms with Crippen molar-refractivity contribution in [2.24, 2.45) is 0 Å². The first-order chi connectivity index (χ1) is 8.17. The van der Waals surface area contributed by atoms with Gasteiger partial charge in [-0.15, -0.1) is 0 Å². The predicted octanol–water partition coefficient (Wildman–Crippen LogP) is 1.01. The number of rotatable bonds is 5. The first-order valence-corrected chi connectivity index (χ1v) is 6.41. The fourth-order valence-corrected chi connectivity index (χ4v) is 2.14. The first kappa shape index (κ1) is 14.3. The number of nitrogens with one attached hydrogen (secondary N) is 2. The molecule has 1 fully saturated rings. The molecule has 1 aliphatic rings. The molecule has 0 saturated heterocycles. The van der Waals surface area contributed by atoms with Gasteiger partial charge in [-0.1, -0.05) is 19.8 Å². The van der Waals surface area contributed by atoms with Crippen LogP contribution in [0.2, 0.25) is 0 Å². The van der Waals surface area contributed by atoms with Gasteiger partial charge in [-0.25, -0.2) is 4.79 Å². The van der Waals surface area contributed by atoms with E-state index in [2.05, 4.69) is 10.6 Å². The Morgan fingerprint density at radius 1 is 1.47 bits per heavy atom. The van der Waals surface area contributed by atoms with Crippen LogP contribution in [0, 0.1) is 0 Å². The zero-order chi connectivity index (χ0) is 12.7. The molecule has 3 unspecified atom stereocenters. The fraction of sp³-hybridized carbons (Fsp3) is 0.917. The molecule has 17 heavy (non-hydrogen) atoms. The van der Waals surface area contributed by atoms with Crippen LogP contribution in [-0.4, -0.2) is 43.0 Å². The van der Waals surface area contributed by atoms with E-state index in [4.69, 9.17) is 4.74 Å². The molecule has 1 saturated carbocycles. The maximum absolute atomic E-state index is 11.7. The van der Waals surface area contributed by atoms with Crippen LogP contribution in [0.1, 0.15) is 39.0 Å². The minimum atomic E-state index is -0.406. The number of aliphatic hydroxyl groups is 1. The Labute approximate surface area is 103 Å². The third-order valence-electron chi connectivity index (χ3n) is 3.24. The monoisotopic (exact) mass is 244 g/mol. The van der Waals surface area contributed by atoms with Gasteiger partial charge in [0.2, 0.25) is 0 Å². The van der Waals surface area contributed by atoms with Gasteiger partial charge >= 0.3 is 6.03 Å². The predicted molar refractivity (Wildman–Crippen MR) is 65.9 cm³/mol. The second kappa shape index (κ2) is 7.50. The molecular weight excluding hydrogens is 220 g/mol. The molecule has 2 amide bonds. The summed E-state index contributed by atoms with van der Waals surface area (Å²) in [5.74, 6) is 0. The Hall–Kier alpha value is -0.810. The molecule has 5 heteroatoms. The lowest BCUT2D eigenvalue weighted by atomic mass is 9.93. The molecule has 0 aromatic heterocycles. The van der Waals surface area contributed by atoms with E-state index in [9.17, 15) is 9.90 Å². The summed E-state index contributed by atoms with van der Waals surface area (Å²) in [7, 11) is 1.62. The normalized spacial score (nSPS) is 26.3. The fourth-order valence-electron chi connectivity index (χ4n) is 2.14. The van der Waals surface area contributed by atoms with Crippen molar-refractivity contribution in [3.05, 3.63) is 0 Å². The summed E-state index contributed by atoms with van der Waals surface area (Å²) in [5.41, 5.74) is 0. The van der Waals surface area contributed by atoms with Crippen LogP contribution in [0.5, 0.6) is 0 Å². The van der Waals surface area contributed by atoms with Gasteiger partial charge < -0.3 is 20.5 Å². The summed E-state index contributed by atoms with van der Waals surface area (Å²) in [6, 6.07) is -0.288. The van der Waals surface area contributed by atoms with E-state index in [0.717, 1.165) is 32.1 Å². The lowest BCUT2D eigenvalue weighted by Crippen LogP contribution is -2.51. The molecule has 0 aromatic carbocycles. The number of hydrogen-bond donors (Lipinski definition) is 3. The number of amides is 2. The van der Waals surface area contributed by atoms with Crippen LogP contribution in [0.3, 0.4) is 0 Å².